The predicted molar refractivity (Wildman–Crippen MR) is 83.4 cm³/mol. The third-order valence-corrected chi connectivity index (χ3v) is 3.91. The van der Waals surface area contributed by atoms with E-state index in [9.17, 15) is 0 Å². The maximum atomic E-state index is 6.14. The molecule has 0 saturated heterocycles. The van der Waals surface area contributed by atoms with E-state index < -0.39 is 0 Å². The van der Waals surface area contributed by atoms with E-state index in [1.807, 2.05) is 7.05 Å². The molecule has 0 fully saturated rings. The first-order chi connectivity index (χ1) is 9.02. The van der Waals surface area contributed by atoms with Crippen LogP contribution in [-0.4, -0.2) is 16.0 Å². The second kappa shape index (κ2) is 5.70. The highest BCUT2D eigenvalue weighted by molar-refractivity contribution is 7.98. The highest BCUT2D eigenvalue weighted by atomic mass is 32.2. The lowest BCUT2D eigenvalue weighted by molar-refractivity contribution is 0.648. The summed E-state index contributed by atoms with van der Waals surface area (Å²) in [6.07, 6.45) is 3.04. The number of nitrogen functional groups attached to an aromatic ring is 1. The lowest BCUT2D eigenvalue weighted by Crippen LogP contribution is -2.02. The summed E-state index contributed by atoms with van der Waals surface area (Å²) < 4.78 is 1.77. The number of aromatic nitrogens is 2. The maximum absolute atomic E-state index is 6.14. The van der Waals surface area contributed by atoms with Gasteiger partial charge >= 0.3 is 0 Å². The topological polar surface area (TPSA) is 43.8 Å². The Balaban J connectivity index is 2.45. The Labute approximate surface area is 119 Å². The van der Waals surface area contributed by atoms with Gasteiger partial charge in [0.2, 0.25) is 0 Å². The summed E-state index contributed by atoms with van der Waals surface area (Å²) in [6.45, 7) is 4.40. The molecule has 0 aliphatic rings. The molecule has 2 aromatic rings. The zero-order chi connectivity index (χ0) is 14.0. The number of hydrogen-bond acceptors (Lipinski definition) is 3. The normalized spacial score (nSPS) is 11.2. The highest BCUT2D eigenvalue weighted by Gasteiger charge is 2.16. The molecule has 0 spiro atoms. The SMILES string of the molecule is CSc1ccc(-c2nn(C)c(N)c2CC(C)C)cc1. The van der Waals surface area contributed by atoms with Crippen molar-refractivity contribution in [2.45, 2.75) is 25.2 Å². The molecule has 0 bridgehead atoms. The zero-order valence-electron chi connectivity index (χ0n) is 12.0. The molecule has 3 nitrogen and oxygen atoms in total. The molecule has 19 heavy (non-hydrogen) atoms. The summed E-state index contributed by atoms with van der Waals surface area (Å²) in [5, 5.41) is 4.57. The van der Waals surface area contributed by atoms with E-state index in [2.05, 4.69) is 49.5 Å². The molecule has 2 rings (SSSR count). The van der Waals surface area contributed by atoms with Crippen molar-refractivity contribution in [2.75, 3.05) is 12.0 Å². The van der Waals surface area contributed by atoms with Crippen molar-refractivity contribution < 1.29 is 0 Å². The van der Waals surface area contributed by atoms with E-state index >= 15 is 0 Å². The average molecular weight is 275 g/mol. The molecule has 0 unspecified atom stereocenters. The smallest absolute Gasteiger partial charge is 0.125 e. The largest absolute Gasteiger partial charge is 0.384 e. The Hall–Kier alpha value is -1.42. The molecular weight excluding hydrogens is 254 g/mol. The monoisotopic (exact) mass is 275 g/mol. The van der Waals surface area contributed by atoms with Crippen molar-refractivity contribution in [1.29, 1.82) is 0 Å². The quantitative estimate of drug-likeness (QED) is 0.867. The number of thioether (sulfide) groups is 1. The summed E-state index contributed by atoms with van der Waals surface area (Å²) >= 11 is 1.75. The minimum Gasteiger partial charge on any atom is -0.384 e. The Morgan fingerprint density at radius 3 is 2.42 bits per heavy atom. The fraction of sp³-hybridized carbons (Fsp3) is 0.400. The van der Waals surface area contributed by atoms with Gasteiger partial charge in [-0.3, -0.25) is 4.68 Å². The van der Waals surface area contributed by atoms with Gasteiger partial charge in [-0.2, -0.15) is 5.10 Å². The van der Waals surface area contributed by atoms with E-state index in [0.29, 0.717) is 5.92 Å². The Bertz CT molecular complexity index is 556. The van der Waals surface area contributed by atoms with Crippen LogP contribution in [0.2, 0.25) is 0 Å². The van der Waals surface area contributed by atoms with Gasteiger partial charge in [0.05, 0.1) is 5.69 Å². The summed E-state index contributed by atoms with van der Waals surface area (Å²) in [5.74, 6) is 1.34. The molecule has 0 aliphatic heterocycles. The minimum atomic E-state index is 0.565. The molecule has 0 atom stereocenters. The maximum Gasteiger partial charge on any atom is 0.125 e. The van der Waals surface area contributed by atoms with Crippen LogP contribution in [0, 0.1) is 5.92 Å². The van der Waals surface area contributed by atoms with E-state index in [1.165, 1.54) is 4.90 Å². The molecule has 102 valence electrons. The molecule has 0 saturated carbocycles. The number of nitrogens with zero attached hydrogens (tertiary/aromatic N) is 2. The van der Waals surface area contributed by atoms with Gasteiger partial charge in [-0.05, 0) is 30.7 Å². The fourth-order valence-electron chi connectivity index (χ4n) is 2.17. The number of anilines is 1. The van der Waals surface area contributed by atoms with Crippen molar-refractivity contribution in [1.82, 2.24) is 9.78 Å². The van der Waals surface area contributed by atoms with E-state index in [4.69, 9.17) is 5.73 Å². The first kappa shape index (κ1) is 14.0. The molecular formula is C15H21N3S. The molecule has 4 heteroatoms. The lowest BCUT2D eigenvalue weighted by Gasteiger charge is -2.07. The van der Waals surface area contributed by atoms with Gasteiger partial charge in [-0.15, -0.1) is 11.8 Å². The Kier molecular flexibility index (Phi) is 4.20. The van der Waals surface area contributed by atoms with Crippen molar-refractivity contribution in [3.8, 4) is 11.3 Å². The highest BCUT2D eigenvalue weighted by Crippen LogP contribution is 2.30. The Morgan fingerprint density at radius 1 is 1.26 bits per heavy atom. The van der Waals surface area contributed by atoms with Gasteiger partial charge in [0, 0.05) is 23.1 Å². The zero-order valence-corrected chi connectivity index (χ0v) is 12.8. The van der Waals surface area contributed by atoms with Gasteiger partial charge in [0.25, 0.3) is 0 Å². The molecule has 0 aliphatic carbocycles. The second-order valence-electron chi connectivity index (χ2n) is 5.16. The number of nitrogens with two attached hydrogens (primary N) is 1. The summed E-state index contributed by atoms with van der Waals surface area (Å²) in [6, 6.07) is 8.50. The standard InChI is InChI=1S/C15H21N3S/c1-10(2)9-13-14(17-18(3)15(13)16)11-5-7-12(19-4)8-6-11/h5-8,10H,9,16H2,1-4H3. The predicted octanol–water partition coefficient (Wildman–Crippen LogP) is 3.59. The van der Waals surface area contributed by atoms with Gasteiger partial charge in [-0.25, -0.2) is 0 Å². The molecule has 0 radical (unpaired) electrons. The van der Waals surface area contributed by atoms with Gasteiger partial charge in [-0.1, -0.05) is 26.0 Å². The van der Waals surface area contributed by atoms with Gasteiger partial charge in [0.15, 0.2) is 0 Å². The molecule has 0 amide bonds. The van der Waals surface area contributed by atoms with Gasteiger partial charge < -0.3 is 5.73 Å². The third-order valence-electron chi connectivity index (χ3n) is 3.17. The summed E-state index contributed by atoms with van der Waals surface area (Å²) in [4.78, 5) is 1.26. The third kappa shape index (κ3) is 2.95. The van der Waals surface area contributed by atoms with Crippen molar-refractivity contribution in [2.24, 2.45) is 13.0 Å². The summed E-state index contributed by atoms with van der Waals surface area (Å²) in [5.41, 5.74) is 9.46. The summed E-state index contributed by atoms with van der Waals surface area (Å²) in [7, 11) is 1.90. The Morgan fingerprint density at radius 2 is 1.89 bits per heavy atom. The van der Waals surface area contributed by atoms with Crippen molar-refractivity contribution >= 4 is 17.6 Å². The molecule has 1 heterocycles. The van der Waals surface area contributed by atoms with Crippen LogP contribution in [0.5, 0.6) is 0 Å². The van der Waals surface area contributed by atoms with Crippen LogP contribution in [0.15, 0.2) is 29.2 Å². The van der Waals surface area contributed by atoms with Crippen LogP contribution in [0.4, 0.5) is 5.82 Å². The fourth-order valence-corrected chi connectivity index (χ4v) is 2.58. The lowest BCUT2D eigenvalue weighted by atomic mass is 9.99. The van der Waals surface area contributed by atoms with Crippen LogP contribution < -0.4 is 5.73 Å². The van der Waals surface area contributed by atoms with Crippen LogP contribution in [0.25, 0.3) is 11.3 Å². The second-order valence-corrected chi connectivity index (χ2v) is 6.04. The molecule has 1 aromatic carbocycles. The first-order valence-electron chi connectivity index (χ1n) is 6.48. The molecule has 2 N–H and O–H groups in total. The van der Waals surface area contributed by atoms with Crippen LogP contribution in [-0.2, 0) is 13.5 Å². The van der Waals surface area contributed by atoms with Crippen LogP contribution in [0.3, 0.4) is 0 Å². The van der Waals surface area contributed by atoms with E-state index in [0.717, 1.165) is 29.1 Å². The van der Waals surface area contributed by atoms with Crippen molar-refractivity contribution in [3.63, 3.8) is 0 Å². The first-order valence-corrected chi connectivity index (χ1v) is 7.71. The molecule has 1 aromatic heterocycles. The van der Waals surface area contributed by atoms with E-state index in [1.54, 1.807) is 16.4 Å². The van der Waals surface area contributed by atoms with Gasteiger partial charge in [0.1, 0.15) is 5.82 Å². The van der Waals surface area contributed by atoms with E-state index in [-0.39, 0.29) is 0 Å². The number of rotatable bonds is 4. The number of benzene rings is 1. The number of aryl methyl sites for hydroxylation is 1. The van der Waals surface area contributed by atoms with Crippen molar-refractivity contribution in [3.05, 3.63) is 29.8 Å². The number of hydrogen-bond donors (Lipinski definition) is 1. The van der Waals surface area contributed by atoms with Crippen LogP contribution >= 0.6 is 11.8 Å². The average Bonchev–Trinajstić information content (AvgIpc) is 2.67. The minimum absolute atomic E-state index is 0.565. The van der Waals surface area contributed by atoms with Crippen LogP contribution in [0.1, 0.15) is 19.4 Å².